The maximum absolute atomic E-state index is 9.69. The van der Waals surface area contributed by atoms with Gasteiger partial charge in [-0.2, -0.15) is 0 Å². The number of aromatic amines is 1. The number of aliphatic hydroxyl groups is 1. The number of aromatic nitrogens is 2. The molecule has 3 aromatic rings. The van der Waals surface area contributed by atoms with Gasteiger partial charge in [0.05, 0.1) is 23.2 Å². The Balaban J connectivity index is 1.78. The third-order valence-corrected chi connectivity index (χ3v) is 4.59. The number of nitrogens with one attached hydrogen (secondary N) is 1. The van der Waals surface area contributed by atoms with Crippen molar-refractivity contribution >= 4 is 22.8 Å². The minimum atomic E-state index is -0.773. The Morgan fingerprint density at radius 1 is 1.10 bits per heavy atom. The number of hydrogen-bond donors (Lipinski definition) is 3. The standard InChI is InChI=1S/C16H17N3OS/c17-16(10-20,12-6-2-1-3-7-12)11-21-15-18-13-8-4-5-9-14(13)19-15/h1-9,20H,10-11,17H2,(H,18,19). The Morgan fingerprint density at radius 3 is 2.52 bits per heavy atom. The van der Waals surface area contributed by atoms with Crippen molar-refractivity contribution in [3.8, 4) is 0 Å². The lowest BCUT2D eigenvalue weighted by Gasteiger charge is -2.26. The first-order valence-corrected chi connectivity index (χ1v) is 7.73. The van der Waals surface area contributed by atoms with E-state index in [1.165, 1.54) is 11.8 Å². The van der Waals surface area contributed by atoms with Crippen LogP contribution in [0.4, 0.5) is 0 Å². The minimum Gasteiger partial charge on any atom is -0.394 e. The van der Waals surface area contributed by atoms with Gasteiger partial charge in [0.1, 0.15) is 0 Å². The van der Waals surface area contributed by atoms with Crippen LogP contribution < -0.4 is 5.73 Å². The molecular weight excluding hydrogens is 282 g/mol. The Labute approximate surface area is 127 Å². The molecule has 1 atom stereocenters. The number of nitrogens with two attached hydrogens (primary N) is 1. The van der Waals surface area contributed by atoms with Crippen molar-refractivity contribution in [1.82, 2.24) is 9.97 Å². The number of imidazole rings is 1. The zero-order valence-corrected chi connectivity index (χ0v) is 12.3. The second kappa shape index (κ2) is 5.89. The van der Waals surface area contributed by atoms with Crippen molar-refractivity contribution in [2.24, 2.45) is 5.73 Å². The SMILES string of the molecule is NC(CO)(CSc1nc2ccccc2[nH]1)c1ccccc1. The van der Waals surface area contributed by atoms with Crippen LogP contribution in [0.5, 0.6) is 0 Å². The summed E-state index contributed by atoms with van der Waals surface area (Å²) >= 11 is 1.52. The molecule has 2 aromatic carbocycles. The quantitative estimate of drug-likeness (QED) is 0.633. The van der Waals surface area contributed by atoms with Crippen molar-refractivity contribution in [3.05, 3.63) is 60.2 Å². The van der Waals surface area contributed by atoms with E-state index in [1.54, 1.807) is 0 Å². The topological polar surface area (TPSA) is 74.9 Å². The Kier molecular flexibility index (Phi) is 3.96. The van der Waals surface area contributed by atoms with Crippen molar-refractivity contribution in [3.63, 3.8) is 0 Å². The van der Waals surface area contributed by atoms with Gasteiger partial charge >= 0.3 is 0 Å². The lowest BCUT2D eigenvalue weighted by Crippen LogP contribution is -2.43. The van der Waals surface area contributed by atoms with Gasteiger partial charge in [0.15, 0.2) is 5.16 Å². The number of aliphatic hydroxyl groups excluding tert-OH is 1. The molecule has 0 saturated heterocycles. The van der Waals surface area contributed by atoms with Crippen LogP contribution in [0.25, 0.3) is 11.0 Å². The fourth-order valence-corrected chi connectivity index (χ4v) is 3.18. The number of para-hydroxylation sites is 2. The summed E-state index contributed by atoms with van der Waals surface area (Å²) in [7, 11) is 0. The van der Waals surface area contributed by atoms with Crippen LogP contribution in [0.2, 0.25) is 0 Å². The van der Waals surface area contributed by atoms with Gasteiger partial charge in [-0.3, -0.25) is 0 Å². The monoisotopic (exact) mass is 299 g/mol. The highest BCUT2D eigenvalue weighted by molar-refractivity contribution is 7.99. The molecule has 0 radical (unpaired) electrons. The molecule has 4 N–H and O–H groups in total. The van der Waals surface area contributed by atoms with E-state index in [2.05, 4.69) is 9.97 Å². The van der Waals surface area contributed by atoms with E-state index in [9.17, 15) is 5.11 Å². The van der Waals surface area contributed by atoms with Gasteiger partial charge in [0, 0.05) is 5.75 Å². The molecule has 0 aliphatic carbocycles. The van der Waals surface area contributed by atoms with Crippen molar-refractivity contribution in [2.45, 2.75) is 10.7 Å². The summed E-state index contributed by atoms with van der Waals surface area (Å²) in [6.07, 6.45) is 0. The smallest absolute Gasteiger partial charge is 0.166 e. The molecule has 1 heterocycles. The van der Waals surface area contributed by atoms with Gasteiger partial charge in [0.25, 0.3) is 0 Å². The first-order valence-electron chi connectivity index (χ1n) is 6.74. The molecule has 1 aromatic heterocycles. The van der Waals surface area contributed by atoms with Gasteiger partial charge in [-0.05, 0) is 17.7 Å². The van der Waals surface area contributed by atoms with Crippen LogP contribution in [0.3, 0.4) is 0 Å². The highest BCUT2D eigenvalue weighted by Crippen LogP contribution is 2.27. The first kappa shape index (κ1) is 14.1. The fourth-order valence-electron chi connectivity index (χ4n) is 2.19. The Morgan fingerprint density at radius 2 is 1.81 bits per heavy atom. The van der Waals surface area contributed by atoms with Gasteiger partial charge in [0.2, 0.25) is 0 Å². The molecule has 0 aliphatic heterocycles. The molecule has 0 amide bonds. The summed E-state index contributed by atoms with van der Waals surface area (Å²) in [6.45, 7) is -0.107. The number of fused-ring (bicyclic) bond motifs is 1. The molecule has 0 fully saturated rings. The van der Waals surface area contributed by atoms with E-state index < -0.39 is 5.54 Å². The van der Waals surface area contributed by atoms with Gasteiger partial charge < -0.3 is 15.8 Å². The van der Waals surface area contributed by atoms with Crippen LogP contribution in [-0.4, -0.2) is 27.4 Å². The molecule has 21 heavy (non-hydrogen) atoms. The minimum absolute atomic E-state index is 0.107. The van der Waals surface area contributed by atoms with E-state index in [0.717, 1.165) is 21.8 Å². The first-order chi connectivity index (χ1) is 10.2. The van der Waals surface area contributed by atoms with Crippen molar-refractivity contribution in [2.75, 3.05) is 12.4 Å². The zero-order chi connectivity index (χ0) is 14.7. The molecule has 0 bridgehead atoms. The second-order valence-corrected chi connectivity index (χ2v) is 5.99. The molecule has 0 spiro atoms. The van der Waals surface area contributed by atoms with E-state index >= 15 is 0 Å². The predicted octanol–water partition coefficient (Wildman–Crippen LogP) is 2.50. The van der Waals surface area contributed by atoms with E-state index in [1.807, 2.05) is 54.6 Å². The van der Waals surface area contributed by atoms with Gasteiger partial charge in [-0.25, -0.2) is 4.98 Å². The number of H-pyrrole nitrogens is 1. The molecule has 5 heteroatoms. The maximum Gasteiger partial charge on any atom is 0.166 e. The Hall–Kier alpha value is -1.82. The molecule has 0 saturated carbocycles. The summed E-state index contributed by atoms with van der Waals surface area (Å²) in [6, 6.07) is 17.6. The average molecular weight is 299 g/mol. The summed E-state index contributed by atoms with van der Waals surface area (Å²) in [5, 5.41) is 10.5. The highest BCUT2D eigenvalue weighted by atomic mass is 32.2. The Bertz CT molecular complexity index is 695. The maximum atomic E-state index is 9.69. The van der Waals surface area contributed by atoms with Crippen molar-refractivity contribution < 1.29 is 5.11 Å². The molecule has 108 valence electrons. The predicted molar refractivity (Wildman–Crippen MR) is 86.2 cm³/mol. The lowest BCUT2D eigenvalue weighted by molar-refractivity contribution is 0.213. The summed E-state index contributed by atoms with van der Waals surface area (Å²) < 4.78 is 0. The fraction of sp³-hybridized carbons (Fsp3) is 0.188. The number of benzene rings is 2. The van der Waals surface area contributed by atoms with E-state index in [4.69, 9.17) is 5.73 Å². The van der Waals surface area contributed by atoms with Crippen molar-refractivity contribution in [1.29, 1.82) is 0 Å². The zero-order valence-electron chi connectivity index (χ0n) is 11.5. The highest BCUT2D eigenvalue weighted by Gasteiger charge is 2.27. The summed E-state index contributed by atoms with van der Waals surface area (Å²) in [4.78, 5) is 7.77. The number of nitrogens with zero attached hydrogens (tertiary/aromatic N) is 1. The molecule has 0 aliphatic rings. The molecule has 1 unspecified atom stereocenters. The lowest BCUT2D eigenvalue weighted by atomic mass is 9.94. The second-order valence-electron chi connectivity index (χ2n) is 5.03. The van der Waals surface area contributed by atoms with Gasteiger partial charge in [-0.15, -0.1) is 0 Å². The third kappa shape index (κ3) is 2.95. The molecule has 3 rings (SSSR count). The van der Waals surface area contributed by atoms with Gasteiger partial charge in [-0.1, -0.05) is 54.2 Å². The largest absolute Gasteiger partial charge is 0.394 e. The van der Waals surface area contributed by atoms with Crippen LogP contribution in [0.1, 0.15) is 5.56 Å². The molecule has 4 nitrogen and oxygen atoms in total. The van der Waals surface area contributed by atoms with E-state index in [-0.39, 0.29) is 6.61 Å². The van der Waals surface area contributed by atoms with Crippen LogP contribution >= 0.6 is 11.8 Å². The van der Waals surface area contributed by atoms with Crippen LogP contribution in [0, 0.1) is 0 Å². The number of hydrogen-bond acceptors (Lipinski definition) is 4. The van der Waals surface area contributed by atoms with Crippen LogP contribution in [0.15, 0.2) is 59.8 Å². The van der Waals surface area contributed by atoms with E-state index in [0.29, 0.717) is 5.75 Å². The number of rotatable bonds is 5. The average Bonchev–Trinajstić information content (AvgIpc) is 2.96. The molecular formula is C16H17N3OS. The van der Waals surface area contributed by atoms with Crippen LogP contribution in [-0.2, 0) is 5.54 Å². The summed E-state index contributed by atoms with van der Waals surface area (Å²) in [5.41, 5.74) is 8.44. The third-order valence-electron chi connectivity index (χ3n) is 3.46. The normalized spacial score (nSPS) is 14.2. The summed E-state index contributed by atoms with van der Waals surface area (Å²) in [5.74, 6) is 0.549. The number of thioether (sulfide) groups is 1.